The Bertz CT molecular complexity index is 1580. The second-order valence-corrected chi connectivity index (χ2v) is 9.40. The third-order valence-corrected chi connectivity index (χ3v) is 6.80. The van der Waals surface area contributed by atoms with Gasteiger partial charge in [0.1, 0.15) is 0 Å². The number of methoxy groups -OCH3 is 1. The molecule has 0 N–H and O–H groups in total. The van der Waals surface area contributed by atoms with E-state index in [4.69, 9.17) is 25.8 Å². The lowest BCUT2D eigenvalue weighted by atomic mass is 9.95. The predicted molar refractivity (Wildman–Crippen MR) is 136 cm³/mol. The Morgan fingerprint density at radius 3 is 2.45 bits per heavy atom. The van der Waals surface area contributed by atoms with Crippen molar-refractivity contribution in [2.45, 2.75) is 26.1 Å². The van der Waals surface area contributed by atoms with Crippen molar-refractivity contribution in [1.29, 1.82) is 0 Å². The first-order valence-corrected chi connectivity index (χ1v) is 12.6. The van der Waals surface area contributed by atoms with E-state index in [-0.39, 0.29) is 21.5 Å². The largest absolute Gasteiger partial charge is 0.493 e. The SMILES string of the molecule is CCOC(=O)C1=C(C(F)(F)F)N=c2s/c(=C\c3ccc(OCC)c(OC)c3)c(=O)n2[C@@H]1c1ccc(Cl)cc1. The lowest BCUT2D eigenvalue weighted by Gasteiger charge is -2.26. The van der Waals surface area contributed by atoms with Gasteiger partial charge in [0.15, 0.2) is 22.0 Å². The average molecular weight is 567 g/mol. The van der Waals surface area contributed by atoms with E-state index < -0.39 is 35.0 Å². The van der Waals surface area contributed by atoms with Gasteiger partial charge in [-0.25, -0.2) is 9.79 Å². The Hall–Kier alpha value is -3.57. The molecule has 1 atom stereocenters. The van der Waals surface area contributed by atoms with Crippen LogP contribution >= 0.6 is 22.9 Å². The molecule has 7 nitrogen and oxygen atoms in total. The molecule has 2 heterocycles. The number of halogens is 4. The quantitative estimate of drug-likeness (QED) is 0.396. The molecule has 1 aliphatic rings. The van der Waals surface area contributed by atoms with Gasteiger partial charge in [-0.3, -0.25) is 9.36 Å². The van der Waals surface area contributed by atoms with Crippen LogP contribution in [0.25, 0.3) is 6.08 Å². The zero-order chi connectivity index (χ0) is 27.6. The first kappa shape index (κ1) is 27.5. The van der Waals surface area contributed by atoms with Gasteiger partial charge in [-0.1, -0.05) is 41.1 Å². The standard InChI is InChI=1S/C26H22ClF3N2O5S/c1-4-36-17-11-6-14(12-18(17)35-3)13-19-23(33)32-21(15-7-9-16(27)10-8-15)20(24(34)37-5-2)22(26(28,29)30)31-25(32)38-19/h6-13,21H,4-5H2,1-3H3/b19-13-/t21-/m1/s1. The van der Waals surface area contributed by atoms with Crippen molar-refractivity contribution >= 4 is 35.0 Å². The van der Waals surface area contributed by atoms with Crippen LogP contribution in [0, 0.1) is 0 Å². The van der Waals surface area contributed by atoms with Gasteiger partial charge in [-0.15, -0.1) is 0 Å². The normalized spacial score (nSPS) is 15.7. The summed E-state index contributed by atoms with van der Waals surface area (Å²) in [5.74, 6) is -0.282. The van der Waals surface area contributed by atoms with Gasteiger partial charge >= 0.3 is 12.1 Å². The molecule has 0 amide bonds. The number of ether oxygens (including phenoxy) is 3. The monoisotopic (exact) mass is 566 g/mol. The number of hydrogen-bond acceptors (Lipinski definition) is 7. The fourth-order valence-corrected chi connectivity index (χ4v) is 5.13. The molecule has 0 saturated heterocycles. The molecule has 200 valence electrons. The molecule has 0 spiro atoms. The molecule has 0 aliphatic carbocycles. The lowest BCUT2D eigenvalue weighted by molar-refractivity contribution is -0.140. The molecule has 4 rings (SSSR count). The van der Waals surface area contributed by atoms with Gasteiger partial charge in [0, 0.05) is 5.02 Å². The summed E-state index contributed by atoms with van der Waals surface area (Å²) in [6, 6.07) is 9.42. The second-order valence-electron chi connectivity index (χ2n) is 7.96. The highest BCUT2D eigenvalue weighted by atomic mass is 35.5. The van der Waals surface area contributed by atoms with Crippen molar-refractivity contribution in [2.24, 2.45) is 4.99 Å². The second kappa shape index (κ2) is 11.0. The maximum absolute atomic E-state index is 14.2. The first-order chi connectivity index (χ1) is 18.1. The maximum Gasteiger partial charge on any atom is 0.434 e. The Morgan fingerprint density at radius 2 is 1.84 bits per heavy atom. The number of carbonyl (C=O) groups excluding carboxylic acids is 1. The fraction of sp³-hybridized carbons (Fsp3) is 0.269. The molecular weight excluding hydrogens is 545 g/mol. The zero-order valence-electron chi connectivity index (χ0n) is 20.5. The number of allylic oxidation sites excluding steroid dienone is 1. The van der Waals surface area contributed by atoms with E-state index in [1.165, 1.54) is 44.4 Å². The number of rotatable bonds is 7. The summed E-state index contributed by atoms with van der Waals surface area (Å²) >= 11 is 6.77. The van der Waals surface area contributed by atoms with Gasteiger partial charge in [0.25, 0.3) is 5.56 Å². The summed E-state index contributed by atoms with van der Waals surface area (Å²) in [6.45, 7) is 3.56. The van der Waals surface area contributed by atoms with Gasteiger partial charge < -0.3 is 14.2 Å². The minimum Gasteiger partial charge on any atom is -0.493 e. The van der Waals surface area contributed by atoms with Crippen molar-refractivity contribution in [3.05, 3.63) is 89.6 Å². The van der Waals surface area contributed by atoms with E-state index in [0.29, 0.717) is 28.7 Å². The molecule has 2 aromatic carbocycles. The number of fused-ring (bicyclic) bond motifs is 1. The molecular formula is C26H22ClF3N2O5S. The molecule has 12 heteroatoms. The molecule has 0 bridgehead atoms. The number of hydrogen-bond donors (Lipinski definition) is 0. The molecule has 0 radical (unpaired) electrons. The van der Waals surface area contributed by atoms with Crippen molar-refractivity contribution < 1.29 is 32.2 Å². The molecule has 38 heavy (non-hydrogen) atoms. The van der Waals surface area contributed by atoms with Crippen LogP contribution in [0.4, 0.5) is 13.2 Å². The Balaban J connectivity index is 1.99. The highest BCUT2D eigenvalue weighted by Gasteiger charge is 2.45. The number of benzene rings is 2. The van der Waals surface area contributed by atoms with E-state index in [2.05, 4.69) is 4.99 Å². The first-order valence-electron chi connectivity index (χ1n) is 11.5. The molecule has 1 aromatic heterocycles. The maximum atomic E-state index is 14.2. The molecule has 0 fully saturated rings. The number of esters is 1. The third-order valence-electron chi connectivity index (χ3n) is 5.57. The number of alkyl halides is 3. The molecule has 0 unspecified atom stereocenters. The summed E-state index contributed by atoms with van der Waals surface area (Å²) in [4.78, 5) is 30.0. The van der Waals surface area contributed by atoms with Gasteiger partial charge in [-0.2, -0.15) is 13.2 Å². The summed E-state index contributed by atoms with van der Waals surface area (Å²) in [5, 5.41) is 0.336. The highest BCUT2D eigenvalue weighted by Crippen LogP contribution is 2.38. The van der Waals surface area contributed by atoms with Crippen LogP contribution in [0.1, 0.15) is 31.0 Å². The lowest BCUT2D eigenvalue weighted by Crippen LogP contribution is -2.41. The van der Waals surface area contributed by atoms with Crippen molar-refractivity contribution in [3.8, 4) is 11.5 Å². The number of carbonyl (C=O) groups is 1. The summed E-state index contributed by atoms with van der Waals surface area (Å²) in [6.07, 6.45) is -3.47. The minimum atomic E-state index is -4.98. The van der Waals surface area contributed by atoms with Crippen LogP contribution in [-0.2, 0) is 9.53 Å². The van der Waals surface area contributed by atoms with Crippen molar-refractivity contribution in [1.82, 2.24) is 4.57 Å². The van der Waals surface area contributed by atoms with Crippen LogP contribution in [0.5, 0.6) is 11.5 Å². The topological polar surface area (TPSA) is 79.1 Å². The zero-order valence-corrected chi connectivity index (χ0v) is 22.0. The van der Waals surface area contributed by atoms with Gasteiger partial charge in [-0.05, 0) is 55.3 Å². The van der Waals surface area contributed by atoms with E-state index >= 15 is 0 Å². The van der Waals surface area contributed by atoms with Crippen LogP contribution in [0.15, 0.2) is 63.5 Å². The van der Waals surface area contributed by atoms with Gasteiger partial charge in [0.05, 0.1) is 36.5 Å². The molecule has 0 saturated carbocycles. The Labute approximate surface area is 224 Å². The summed E-state index contributed by atoms with van der Waals surface area (Å²) in [5.41, 5.74) is -2.01. The van der Waals surface area contributed by atoms with E-state index in [1.807, 2.05) is 6.92 Å². The fourth-order valence-electron chi connectivity index (χ4n) is 4.00. The number of aromatic nitrogens is 1. The van der Waals surface area contributed by atoms with Crippen LogP contribution < -0.4 is 24.4 Å². The Morgan fingerprint density at radius 1 is 1.13 bits per heavy atom. The number of thiazole rings is 1. The molecule has 1 aliphatic heterocycles. The minimum absolute atomic E-state index is 0.112. The van der Waals surface area contributed by atoms with Gasteiger partial charge in [0.2, 0.25) is 0 Å². The summed E-state index contributed by atoms with van der Waals surface area (Å²) < 4.78 is 59.6. The highest BCUT2D eigenvalue weighted by molar-refractivity contribution is 7.07. The van der Waals surface area contributed by atoms with Crippen LogP contribution in [0.3, 0.4) is 0 Å². The van der Waals surface area contributed by atoms with Crippen LogP contribution in [-0.4, -0.2) is 37.0 Å². The smallest absolute Gasteiger partial charge is 0.434 e. The number of nitrogens with zero attached hydrogens (tertiary/aromatic N) is 2. The Kier molecular flexibility index (Phi) is 7.98. The average Bonchev–Trinajstić information content (AvgIpc) is 3.18. The van der Waals surface area contributed by atoms with E-state index in [9.17, 15) is 22.8 Å². The van der Waals surface area contributed by atoms with E-state index in [0.717, 1.165) is 15.9 Å². The van der Waals surface area contributed by atoms with Crippen molar-refractivity contribution in [2.75, 3.05) is 20.3 Å². The van der Waals surface area contributed by atoms with Crippen molar-refractivity contribution in [3.63, 3.8) is 0 Å². The predicted octanol–water partition coefficient (Wildman–Crippen LogP) is 4.40. The molecule has 3 aromatic rings. The third kappa shape index (κ3) is 5.34. The van der Waals surface area contributed by atoms with E-state index in [1.54, 1.807) is 18.2 Å². The summed E-state index contributed by atoms with van der Waals surface area (Å²) in [7, 11) is 1.47. The van der Waals surface area contributed by atoms with Crippen LogP contribution in [0.2, 0.25) is 5.02 Å².